The lowest BCUT2D eigenvalue weighted by molar-refractivity contribution is -0.132. The van der Waals surface area contributed by atoms with E-state index >= 15 is 0 Å². The lowest BCUT2D eigenvalue weighted by Crippen LogP contribution is -2.32. The molecule has 1 aliphatic heterocycles. The van der Waals surface area contributed by atoms with Gasteiger partial charge >= 0.3 is 0 Å². The van der Waals surface area contributed by atoms with Crippen molar-refractivity contribution >= 4 is 41.7 Å². The second-order valence-corrected chi connectivity index (χ2v) is 9.55. The average Bonchev–Trinajstić information content (AvgIpc) is 3.80. The van der Waals surface area contributed by atoms with Crippen molar-refractivity contribution in [2.24, 2.45) is 5.92 Å². The van der Waals surface area contributed by atoms with Crippen LogP contribution in [0.15, 0.2) is 71.7 Å². The Morgan fingerprint density at radius 2 is 1.56 bits per heavy atom. The molecule has 39 heavy (non-hydrogen) atoms. The summed E-state index contributed by atoms with van der Waals surface area (Å²) in [5, 5.41) is 5.39. The molecule has 2 N–H and O–H groups in total. The number of benzene rings is 2. The summed E-state index contributed by atoms with van der Waals surface area (Å²) in [6, 6.07) is 15.7. The molecule has 2 aromatic carbocycles. The van der Waals surface area contributed by atoms with Crippen LogP contribution in [0.4, 0.5) is 15.8 Å². The number of carbonyl (C=O) groups excluding carboxylic acids is 3. The molecule has 0 radical (unpaired) electrons. The van der Waals surface area contributed by atoms with Crippen LogP contribution >= 0.6 is 11.6 Å². The molecule has 2 fully saturated rings. The molecular formula is C29H32ClFN4O4. The van der Waals surface area contributed by atoms with Gasteiger partial charge in [-0.05, 0) is 68.1 Å². The normalized spacial score (nSPS) is 14.4. The highest BCUT2D eigenvalue weighted by Crippen LogP contribution is 2.31. The van der Waals surface area contributed by atoms with Gasteiger partial charge in [0.2, 0.25) is 18.7 Å². The monoisotopic (exact) mass is 554 g/mol. The number of hydrogen-bond donors (Lipinski definition) is 2. The van der Waals surface area contributed by atoms with Crippen molar-refractivity contribution in [2.75, 3.05) is 23.7 Å². The number of amides is 3. The molecule has 10 heteroatoms. The van der Waals surface area contributed by atoms with Crippen molar-refractivity contribution < 1.29 is 18.8 Å². The number of rotatable bonds is 6. The van der Waals surface area contributed by atoms with Gasteiger partial charge in [0, 0.05) is 48.0 Å². The fraction of sp³-hybridized carbons (Fsp3) is 0.310. The molecule has 3 aromatic rings. The Kier molecular flexibility index (Phi) is 11.7. The van der Waals surface area contributed by atoms with Crippen molar-refractivity contribution in [1.82, 2.24) is 9.47 Å². The molecule has 0 atom stereocenters. The molecule has 0 spiro atoms. The number of aromatic nitrogens is 1. The Bertz CT molecular complexity index is 1290. The molecule has 1 saturated heterocycles. The maximum Gasteiger partial charge on any atom is 0.255 e. The van der Waals surface area contributed by atoms with Crippen molar-refractivity contribution in [1.29, 1.82) is 0 Å². The van der Waals surface area contributed by atoms with Crippen LogP contribution in [-0.4, -0.2) is 41.3 Å². The molecule has 2 heterocycles. The van der Waals surface area contributed by atoms with Gasteiger partial charge in [0.1, 0.15) is 5.82 Å². The third kappa shape index (κ3) is 9.68. The van der Waals surface area contributed by atoms with Crippen LogP contribution < -0.4 is 16.2 Å². The summed E-state index contributed by atoms with van der Waals surface area (Å²) in [4.78, 5) is 45.4. The third-order valence-electron chi connectivity index (χ3n) is 6.18. The van der Waals surface area contributed by atoms with Crippen LogP contribution in [0.25, 0.3) is 5.69 Å². The van der Waals surface area contributed by atoms with Gasteiger partial charge in [-0.2, -0.15) is 0 Å². The van der Waals surface area contributed by atoms with E-state index in [4.69, 9.17) is 11.6 Å². The SMILES string of the molecule is O=C(C1CC1)N1CCCCCC1.O=CNc1ccc(-n2ccccc2=O)cc1F.O=CNc1ccc(Cl)cc1. The molecule has 1 aromatic heterocycles. The Labute approximate surface area is 231 Å². The number of hydrogen-bond acceptors (Lipinski definition) is 4. The molecule has 0 bridgehead atoms. The maximum absolute atomic E-state index is 13.5. The van der Waals surface area contributed by atoms with Crippen LogP contribution in [0.2, 0.25) is 5.02 Å². The van der Waals surface area contributed by atoms with E-state index in [0.29, 0.717) is 35.4 Å². The molecule has 1 aliphatic carbocycles. The van der Waals surface area contributed by atoms with Crippen LogP contribution in [0.5, 0.6) is 0 Å². The zero-order valence-corrected chi connectivity index (χ0v) is 22.3. The van der Waals surface area contributed by atoms with E-state index in [1.165, 1.54) is 48.4 Å². The van der Waals surface area contributed by atoms with Crippen LogP contribution in [0.1, 0.15) is 38.5 Å². The molecule has 2 aliphatic rings. The first-order valence-corrected chi connectivity index (χ1v) is 13.2. The number of nitrogens with one attached hydrogen (secondary N) is 2. The zero-order chi connectivity index (χ0) is 28.0. The summed E-state index contributed by atoms with van der Waals surface area (Å²) in [6.45, 7) is 2.05. The Balaban J connectivity index is 0.000000169. The van der Waals surface area contributed by atoms with Crippen molar-refractivity contribution in [2.45, 2.75) is 38.5 Å². The van der Waals surface area contributed by atoms with E-state index in [1.807, 2.05) is 0 Å². The van der Waals surface area contributed by atoms with Gasteiger partial charge in [-0.3, -0.25) is 23.7 Å². The first kappa shape index (κ1) is 29.6. The molecule has 5 rings (SSSR count). The van der Waals surface area contributed by atoms with Crippen LogP contribution in [0.3, 0.4) is 0 Å². The number of pyridine rings is 1. The van der Waals surface area contributed by atoms with Crippen LogP contribution in [0, 0.1) is 11.7 Å². The predicted octanol–water partition coefficient (Wildman–Crippen LogP) is 5.25. The highest BCUT2D eigenvalue weighted by Gasteiger charge is 2.33. The second kappa shape index (κ2) is 15.4. The minimum absolute atomic E-state index is 0.0766. The maximum atomic E-state index is 13.5. The van der Waals surface area contributed by atoms with Gasteiger partial charge in [0.15, 0.2) is 0 Å². The van der Waals surface area contributed by atoms with Crippen molar-refractivity contribution in [3.05, 3.63) is 88.1 Å². The number of halogens is 2. The van der Waals surface area contributed by atoms with Gasteiger partial charge in [-0.1, -0.05) is 30.5 Å². The summed E-state index contributed by atoms with van der Waals surface area (Å²) in [7, 11) is 0. The second-order valence-electron chi connectivity index (χ2n) is 9.12. The highest BCUT2D eigenvalue weighted by molar-refractivity contribution is 6.30. The first-order chi connectivity index (χ1) is 18.9. The highest BCUT2D eigenvalue weighted by atomic mass is 35.5. The van der Waals surface area contributed by atoms with Gasteiger partial charge in [-0.15, -0.1) is 0 Å². The first-order valence-electron chi connectivity index (χ1n) is 12.8. The molecule has 206 valence electrons. The topological polar surface area (TPSA) is 101 Å². The summed E-state index contributed by atoms with van der Waals surface area (Å²) in [6.07, 6.45) is 9.93. The quantitative estimate of drug-likeness (QED) is 0.406. The lowest BCUT2D eigenvalue weighted by Gasteiger charge is -2.19. The lowest BCUT2D eigenvalue weighted by atomic mass is 10.2. The minimum Gasteiger partial charge on any atom is -0.342 e. The summed E-state index contributed by atoms with van der Waals surface area (Å²) in [5.74, 6) is 0.269. The van der Waals surface area contributed by atoms with Gasteiger partial charge in [-0.25, -0.2) is 4.39 Å². The fourth-order valence-corrected chi connectivity index (χ4v) is 4.09. The van der Waals surface area contributed by atoms with Crippen molar-refractivity contribution in [3.8, 4) is 5.69 Å². The Morgan fingerprint density at radius 1 is 0.897 bits per heavy atom. The van der Waals surface area contributed by atoms with E-state index in [9.17, 15) is 23.6 Å². The van der Waals surface area contributed by atoms with Crippen LogP contribution in [-0.2, 0) is 14.4 Å². The van der Waals surface area contributed by atoms with E-state index in [1.54, 1.807) is 48.7 Å². The number of carbonyl (C=O) groups is 3. The standard InChI is InChI=1S/C12H9FN2O2.C10H17NO.C7H6ClNO/c13-10-7-9(4-5-11(10)14-8-16)15-6-2-1-3-12(15)17;12-10(9-5-6-9)11-7-3-1-2-4-8-11;8-6-1-3-7(4-2-6)9-5-10/h1-8H,(H,14,16);9H,1-8H2;1-5H,(H,9,10). The molecule has 8 nitrogen and oxygen atoms in total. The van der Waals surface area contributed by atoms with E-state index in [2.05, 4.69) is 15.5 Å². The predicted molar refractivity (Wildman–Crippen MR) is 151 cm³/mol. The average molecular weight is 555 g/mol. The molecular weight excluding hydrogens is 523 g/mol. The minimum atomic E-state index is -0.592. The number of anilines is 2. The third-order valence-corrected chi connectivity index (χ3v) is 6.43. The smallest absolute Gasteiger partial charge is 0.255 e. The number of likely N-dealkylation sites (tertiary alicyclic amines) is 1. The van der Waals surface area contributed by atoms with E-state index in [0.717, 1.165) is 31.6 Å². The van der Waals surface area contributed by atoms with E-state index in [-0.39, 0.29) is 11.2 Å². The fourth-order valence-electron chi connectivity index (χ4n) is 3.97. The Hall–Kier alpha value is -3.98. The number of nitrogens with zero attached hydrogens (tertiary/aromatic N) is 2. The largest absolute Gasteiger partial charge is 0.342 e. The Morgan fingerprint density at radius 3 is 2.13 bits per heavy atom. The van der Waals surface area contributed by atoms with Gasteiger partial charge in [0.05, 0.1) is 11.4 Å². The van der Waals surface area contributed by atoms with E-state index < -0.39 is 5.82 Å². The molecule has 1 saturated carbocycles. The summed E-state index contributed by atoms with van der Waals surface area (Å²) < 4.78 is 14.8. The van der Waals surface area contributed by atoms with Crippen molar-refractivity contribution in [3.63, 3.8) is 0 Å². The van der Waals surface area contributed by atoms with Gasteiger partial charge < -0.3 is 15.5 Å². The zero-order valence-electron chi connectivity index (χ0n) is 21.5. The summed E-state index contributed by atoms with van der Waals surface area (Å²) >= 11 is 5.60. The molecule has 0 unspecified atom stereocenters. The molecule has 3 amide bonds. The summed E-state index contributed by atoms with van der Waals surface area (Å²) in [5.41, 5.74) is 0.986. The van der Waals surface area contributed by atoms with Gasteiger partial charge in [0.25, 0.3) is 5.56 Å².